The van der Waals surface area contributed by atoms with Gasteiger partial charge in [-0.05, 0) is 62.9 Å². The number of hydrogen-bond acceptors (Lipinski definition) is 4. The Bertz CT molecular complexity index is 1080. The van der Waals surface area contributed by atoms with Gasteiger partial charge in [-0.25, -0.2) is 14.8 Å². The highest BCUT2D eigenvalue weighted by molar-refractivity contribution is 5.86. The summed E-state index contributed by atoms with van der Waals surface area (Å²) in [6, 6.07) is 16.6. The molecular formula is C25H30N4O2. The molecule has 1 saturated heterocycles. The Hall–Kier alpha value is -3.15. The predicted octanol–water partition coefficient (Wildman–Crippen LogP) is 5.43. The van der Waals surface area contributed by atoms with Crippen LogP contribution in [0.15, 0.2) is 54.7 Å². The van der Waals surface area contributed by atoms with Crippen LogP contribution in [0.1, 0.15) is 40.0 Å². The molecule has 2 aromatic carbocycles. The van der Waals surface area contributed by atoms with E-state index in [2.05, 4.69) is 40.2 Å². The van der Waals surface area contributed by atoms with Crippen LogP contribution in [0.5, 0.6) is 0 Å². The molecule has 162 valence electrons. The quantitative estimate of drug-likeness (QED) is 0.614. The van der Waals surface area contributed by atoms with Crippen LogP contribution >= 0.6 is 0 Å². The van der Waals surface area contributed by atoms with E-state index in [1.54, 1.807) is 4.90 Å². The van der Waals surface area contributed by atoms with Gasteiger partial charge in [0.2, 0.25) is 5.95 Å². The maximum Gasteiger partial charge on any atom is 0.407 e. The molecule has 3 aromatic rings. The molecule has 0 radical (unpaired) electrons. The first-order valence-corrected chi connectivity index (χ1v) is 10.9. The Balaban J connectivity index is 1.54. The van der Waals surface area contributed by atoms with E-state index >= 15 is 0 Å². The first-order chi connectivity index (χ1) is 14.8. The van der Waals surface area contributed by atoms with Crippen molar-refractivity contribution in [3.63, 3.8) is 0 Å². The molecule has 0 saturated carbocycles. The summed E-state index contributed by atoms with van der Waals surface area (Å²) in [5.41, 5.74) is 1.55. The molecule has 1 N–H and O–H groups in total. The number of rotatable bonds is 3. The number of nitrogens with zero attached hydrogens (tertiary/aromatic N) is 4. The second kappa shape index (κ2) is 8.53. The number of anilines is 1. The van der Waals surface area contributed by atoms with Crippen molar-refractivity contribution in [3.05, 3.63) is 54.7 Å². The van der Waals surface area contributed by atoms with Gasteiger partial charge in [-0.2, -0.15) is 0 Å². The highest BCUT2D eigenvalue weighted by atomic mass is 16.4. The second-order valence-electron chi connectivity index (χ2n) is 9.20. The molecule has 1 amide bonds. The molecule has 0 spiro atoms. The Labute approximate surface area is 183 Å². The zero-order valence-electron chi connectivity index (χ0n) is 18.5. The van der Waals surface area contributed by atoms with Crippen molar-refractivity contribution in [1.29, 1.82) is 0 Å². The Morgan fingerprint density at radius 2 is 1.84 bits per heavy atom. The lowest BCUT2D eigenvalue weighted by Crippen LogP contribution is -2.51. The summed E-state index contributed by atoms with van der Waals surface area (Å²) in [6.07, 6.45) is 3.50. The third-order valence-corrected chi connectivity index (χ3v) is 5.96. The average Bonchev–Trinajstić information content (AvgIpc) is 2.98. The molecule has 6 nitrogen and oxygen atoms in total. The monoisotopic (exact) mass is 418 g/mol. The molecule has 6 heteroatoms. The van der Waals surface area contributed by atoms with Crippen LogP contribution in [-0.2, 0) is 0 Å². The topological polar surface area (TPSA) is 69.6 Å². The van der Waals surface area contributed by atoms with E-state index in [-0.39, 0.29) is 6.04 Å². The number of carboxylic acid groups (broad SMARTS) is 1. The normalized spacial score (nSPS) is 17.4. The van der Waals surface area contributed by atoms with Crippen molar-refractivity contribution in [2.24, 2.45) is 0 Å². The minimum absolute atomic E-state index is 0.00571. The second-order valence-corrected chi connectivity index (χ2v) is 9.20. The van der Waals surface area contributed by atoms with E-state index in [0.29, 0.717) is 5.95 Å². The number of fused-ring (bicyclic) bond motifs is 1. The number of carbonyl (C=O) groups is 1. The third-order valence-electron chi connectivity index (χ3n) is 5.96. The van der Waals surface area contributed by atoms with Crippen LogP contribution in [0.2, 0.25) is 0 Å². The predicted molar refractivity (Wildman–Crippen MR) is 124 cm³/mol. The van der Waals surface area contributed by atoms with Crippen molar-refractivity contribution in [2.75, 3.05) is 18.0 Å². The van der Waals surface area contributed by atoms with E-state index in [1.165, 1.54) is 10.8 Å². The lowest BCUT2D eigenvalue weighted by molar-refractivity contribution is 0.0660. The zero-order valence-corrected chi connectivity index (χ0v) is 18.5. The highest BCUT2D eigenvalue weighted by Crippen LogP contribution is 2.27. The molecule has 0 aliphatic carbocycles. The van der Waals surface area contributed by atoms with Crippen molar-refractivity contribution < 1.29 is 9.90 Å². The average molecular weight is 419 g/mol. The third kappa shape index (κ3) is 4.63. The minimum Gasteiger partial charge on any atom is -0.465 e. The largest absolute Gasteiger partial charge is 0.465 e. The molecule has 1 atom stereocenters. The van der Waals surface area contributed by atoms with Gasteiger partial charge in [0, 0.05) is 36.4 Å². The molecule has 4 rings (SSSR count). The maximum atomic E-state index is 11.9. The summed E-state index contributed by atoms with van der Waals surface area (Å²) in [7, 11) is 0. The van der Waals surface area contributed by atoms with Gasteiger partial charge in [-0.3, -0.25) is 0 Å². The Morgan fingerprint density at radius 1 is 1.06 bits per heavy atom. The summed E-state index contributed by atoms with van der Waals surface area (Å²) in [4.78, 5) is 25.1. The van der Waals surface area contributed by atoms with Crippen LogP contribution in [0.25, 0.3) is 22.0 Å². The van der Waals surface area contributed by atoms with Crippen LogP contribution < -0.4 is 4.90 Å². The molecule has 31 heavy (non-hydrogen) atoms. The summed E-state index contributed by atoms with van der Waals surface area (Å²) in [5.74, 6) is 0.712. The van der Waals surface area contributed by atoms with Crippen molar-refractivity contribution in [3.8, 4) is 11.3 Å². The van der Waals surface area contributed by atoms with Crippen molar-refractivity contribution >= 4 is 22.8 Å². The summed E-state index contributed by atoms with van der Waals surface area (Å²) in [6.45, 7) is 7.45. The van der Waals surface area contributed by atoms with Gasteiger partial charge in [-0.1, -0.05) is 36.4 Å². The lowest BCUT2D eigenvalue weighted by atomic mass is 9.99. The van der Waals surface area contributed by atoms with Crippen LogP contribution in [0, 0.1) is 0 Å². The zero-order chi connectivity index (χ0) is 22.0. The fraction of sp³-hybridized carbons (Fsp3) is 0.400. The molecule has 1 unspecified atom stereocenters. The van der Waals surface area contributed by atoms with Gasteiger partial charge < -0.3 is 14.9 Å². The molecule has 0 bridgehead atoms. The molecule has 1 aliphatic heterocycles. The number of hydrogen-bond donors (Lipinski definition) is 1. The smallest absolute Gasteiger partial charge is 0.407 e. The van der Waals surface area contributed by atoms with Gasteiger partial charge in [0.15, 0.2) is 0 Å². The van der Waals surface area contributed by atoms with Crippen molar-refractivity contribution in [1.82, 2.24) is 14.9 Å². The number of aromatic nitrogens is 2. The molecule has 1 fully saturated rings. The van der Waals surface area contributed by atoms with Crippen molar-refractivity contribution in [2.45, 2.75) is 51.6 Å². The van der Waals surface area contributed by atoms with Gasteiger partial charge in [0.05, 0.1) is 5.69 Å². The standard InChI is InChI=1S/C25H30N4O2/c1-25(2,3)29(24(30)31)21-9-6-15-28(16-13-21)23-26-14-12-22(27-23)20-11-10-18-7-4-5-8-19(18)17-20/h4-5,7-8,10-12,14,17,21H,6,9,13,15-16H2,1-3H3,(H,30,31). The Morgan fingerprint density at radius 3 is 2.58 bits per heavy atom. The maximum absolute atomic E-state index is 11.9. The molecule has 1 aromatic heterocycles. The first kappa shape index (κ1) is 21.1. The Kier molecular flexibility index (Phi) is 5.81. The van der Waals surface area contributed by atoms with E-state index in [0.717, 1.165) is 43.6 Å². The van der Waals surface area contributed by atoms with Crippen LogP contribution in [0.4, 0.5) is 10.7 Å². The molecule has 1 aliphatic rings. The lowest BCUT2D eigenvalue weighted by Gasteiger charge is -2.39. The SMILES string of the molecule is CC(C)(C)N(C(=O)O)C1CCCN(c2nccc(-c3ccc4ccccc4c3)n2)CC1. The minimum atomic E-state index is -0.847. The van der Waals surface area contributed by atoms with E-state index in [9.17, 15) is 9.90 Å². The van der Waals surface area contributed by atoms with Crippen LogP contribution in [0.3, 0.4) is 0 Å². The van der Waals surface area contributed by atoms with Gasteiger partial charge in [-0.15, -0.1) is 0 Å². The first-order valence-electron chi connectivity index (χ1n) is 10.9. The molecular weight excluding hydrogens is 388 g/mol. The molecule has 2 heterocycles. The summed E-state index contributed by atoms with van der Waals surface area (Å²) in [5, 5.41) is 12.2. The van der Waals surface area contributed by atoms with Crippen LogP contribution in [-0.4, -0.2) is 50.7 Å². The summed E-state index contributed by atoms with van der Waals surface area (Å²) >= 11 is 0. The van der Waals surface area contributed by atoms with Gasteiger partial charge in [0.25, 0.3) is 0 Å². The summed E-state index contributed by atoms with van der Waals surface area (Å²) < 4.78 is 0. The van der Waals surface area contributed by atoms with E-state index in [1.807, 2.05) is 45.2 Å². The van der Waals surface area contributed by atoms with E-state index in [4.69, 9.17) is 4.98 Å². The van der Waals surface area contributed by atoms with Gasteiger partial charge >= 0.3 is 6.09 Å². The fourth-order valence-corrected chi connectivity index (χ4v) is 4.54. The number of benzene rings is 2. The highest BCUT2D eigenvalue weighted by Gasteiger charge is 2.34. The fourth-order valence-electron chi connectivity index (χ4n) is 4.54. The van der Waals surface area contributed by atoms with E-state index < -0.39 is 11.6 Å². The van der Waals surface area contributed by atoms with Gasteiger partial charge in [0.1, 0.15) is 0 Å². The number of amides is 1.